The van der Waals surface area contributed by atoms with Gasteiger partial charge in [-0.2, -0.15) is 0 Å². The average molecular weight is 332 g/mol. The molecular weight excluding hydrogens is 312 g/mol. The molecule has 0 amide bonds. The number of aryl methyl sites for hydroxylation is 1. The third-order valence-electron chi connectivity index (χ3n) is 3.91. The predicted octanol–water partition coefficient (Wildman–Crippen LogP) is 2.91. The standard InChI is InChI=1S/C17H20N2O3S/c1-10-6-16(20)22-15-7-13(4-5-14(10)15)18-17(23)19-8-11(2)21-12(3)9-19/h4-7,11-12H,8-9H2,1-3H3,(H,18,23)/t11-,12-/m1/s1. The summed E-state index contributed by atoms with van der Waals surface area (Å²) >= 11 is 5.50. The van der Waals surface area contributed by atoms with Gasteiger partial charge in [0.2, 0.25) is 0 Å². The fourth-order valence-electron chi connectivity index (χ4n) is 2.95. The van der Waals surface area contributed by atoms with Gasteiger partial charge in [-0.3, -0.25) is 0 Å². The first-order valence-electron chi connectivity index (χ1n) is 7.68. The lowest BCUT2D eigenvalue weighted by Gasteiger charge is -2.36. The lowest BCUT2D eigenvalue weighted by Crippen LogP contribution is -2.49. The molecule has 6 heteroatoms. The summed E-state index contributed by atoms with van der Waals surface area (Å²) in [6, 6.07) is 7.18. The number of hydrogen-bond acceptors (Lipinski definition) is 4. The van der Waals surface area contributed by atoms with Crippen molar-refractivity contribution in [3.8, 4) is 0 Å². The first-order chi connectivity index (χ1) is 10.9. The zero-order chi connectivity index (χ0) is 16.6. The van der Waals surface area contributed by atoms with Crippen LogP contribution in [0.2, 0.25) is 0 Å². The van der Waals surface area contributed by atoms with E-state index < -0.39 is 0 Å². The highest BCUT2D eigenvalue weighted by molar-refractivity contribution is 7.80. The molecule has 5 nitrogen and oxygen atoms in total. The Morgan fingerprint density at radius 3 is 2.65 bits per heavy atom. The van der Waals surface area contributed by atoms with Crippen LogP contribution < -0.4 is 10.9 Å². The van der Waals surface area contributed by atoms with Gasteiger partial charge in [0.1, 0.15) is 5.58 Å². The van der Waals surface area contributed by atoms with E-state index in [1.54, 1.807) is 0 Å². The first-order valence-corrected chi connectivity index (χ1v) is 8.09. The highest BCUT2D eigenvalue weighted by atomic mass is 32.1. The lowest BCUT2D eigenvalue weighted by molar-refractivity contribution is -0.0473. The molecule has 0 spiro atoms. The van der Waals surface area contributed by atoms with E-state index in [1.807, 2.05) is 39.0 Å². The van der Waals surface area contributed by atoms with Crippen LogP contribution in [0, 0.1) is 6.92 Å². The van der Waals surface area contributed by atoms with Crippen LogP contribution in [0.15, 0.2) is 33.5 Å². The summed E-state index contributed by atoms with van der Waals surface area (Å²) in [6.45, 7) is 7.50. The molecule has 2 heterocycles. The van der Waals surface area contributed by atoms with Gasteiger partial charge in [0, 0.05) is 36.3 Å². The molecule has 0 bridgehead atoms. The lowest BCUT2D eigenvalue weighted by atomic mass is 10.1. The smallest absolute Gasteiger partial charge is 0.336 e. The SMILES string of the molecule is Cc1cc(=O)oc2cc(NC(=S)N3C[C@@H](C)O[C@H](C)C3)ccc12. The first kappa shape index (κ1) is 16.0. The summed E-state index contributed by atoms with van der Waals surface area (Å²) in [6.07, 6.45) is 0.298. The van der Waals surface area contributed by atoms with Crippen molar-refractivity contribution in [3.05, 3.63) is 40.2 Å². The van der Waals surface area contributed by atoms with Gasteiger partial charge in [0.15, 0.2) is 5.11 Å². The summed E-state index contributed by atoms with van der Waals surface area (Å²) in [5.74, 6) is 0. The average Bonchev–Trinajstić information content (AvgIpc) is 2.45. The highest BCUT2D eigenvalue weighted by Crippen LogP contribution is 2.21. The van der Waals surface area contributed by atoms with Crippen LogP contribution in [0.25, 0.3) is 11.0 Å². The summed E-state index contributed by atoms with van der Waals surface area (Å²) in [7, 11) is 0. The second-order valence-electron chi connectivity index (χ2n) is 6.05. The minimum absolute atomic E-state index is 0.149. The van der Waals surface area contributed by atoms with Crippen molar-refractivity contribution in [2.45, 2.75) is 33.0 Å². The third kappa shape index (κ3) is 3.54. The summed E-state index contributed by atoms with van der Waals surface area (Å²) in [4.78, 5) is 13.6. The van der Waals surface area contributed by atoms with E-state index in [0.717, 1.165) is 29.7 Å². The molecule has 1 N–H and O–H groups in total. The molecule has 2 atom stereocenters. The molecule has 1 saturated heterocycles. The van der Waals surface area contributed by atoms with Gasteiger partial charge >= 0.3 is 5.63 Å². The van der Waals surface area contributed by atoms with Crippen molar-refractivity contribution in [2.24, 2.45) is 0 Å². The number of benzene rings is 1. The molecule has 3 rings (SSSR count). The third-order valence-corrected chi connectivity index (χ3v) is 4.27. The van der Waals surface area contributed by atoms with Gasteiger partial charge in [-0.15, -0.1) is 0 Å². The Morgan fingerprint density at radius 2 is 1.96 bits per heavy atom. The number of thiocarbonyl (C=S) groups is 1. The Labute approximate surface area is 140 Å². The van der Waals surface area contributed by atoms with E-state index in [0.29, 0.717) is 10.7 Å². The summed E-state index contributed by atoms with van der Waals surface area (Å²) < 4.78 is 11.0. The zero-order valence-electron chi connectivity index (χ0n) is 13.5. The molecule has 122 valence electrons. The maximum Gasteiger partial charge on any atom is 0.336 e. The Hall–Kier alpha value is -1.92. The molecule has 1 aliphatic heterocycles. The Balaban J connectivity index is 1.81. The quantitative estimate of drug-likeness (QED) is 0.640. The minimum atomic E-state index is -0.342. The van der Waals surface area contributed by atoms with Gasteiger partial charge in [-0.1, -0.05) is 0 Å². The molecular formula is C17H20N2O3S. The van der Waals surface area contributed by atoms with Crippen molar-refractivity contribution in [3.63, 3.8) is 0 Å². The van der Waals surface area contributed by atoms with Gasteiger partial charge < -0.3 is 19.4 Å². The molecule has 1 aromatic heterocycles. The van der Waals surface area contributed by atoms with Crippen LogP contribution in [0.3, 0.4) is 0 Å². The number of fused-ring (bicyclic) bond motifs is 1. The Kier molecular flexibility index (Phi) is 4.37. The predicted molar refractivity (Wildman–Crippen MR) is 95.0 cm³/mol. The van der Waals surface area contributed by atoms with Crippen molar-refractivity contribution in [1.29, 1.82) is 0 Å². The molecule has 1 aliphatic rings. The van der Waals surface area contributed by atoms with Crippen LogP contribution in [0.5, 0.6) is 0 Å². The largest absolute Gasteiger partial charge is 0.423 e. The minimum Gasteiger partial charge on any atom is -0.423 e. The second-order valence-corrected chi connectivity index (χ2v) is 6.44. The number of rotatable bonds is 1. The molecule has 0 saturated carbocycles. The van der Waals surface area contributed by atoms with E-state index in [1.165, 1.54) is 6.07 Å². The number of nitrogens with zero attached hydrogens (tertiary/aromatic N) is 1. The second kappa shape index (κ2) is 6.29. The number of anilines is 1. The zero-order valence-corrected chi connectivity index (χ0v) is 14.3. The molecule has 0 unspecified atom stereocenters. The van der Waals surface area contributed by atoms with E-state index in [2.05, 4.69) is 10.2 Å². The van der Waals surface area contributed by atoms with Crippen LogP contribution in [-0.4, -0.2) is 35.3 Å². The van der Waals surface area contributed by atoms with Crippen molar-refractivity contribution in [1.82, 2.24) is 4.90 Å². The number of ether oxygens (including phenoxy) is 1. The molecule has 1 fully saturated rings. The van der Waals surface area contributed by atoms with Gasteiger partial charge in [0.05, 0.1) is 12.2 Å². The van der Waals surface area contributed by atoms with Crippen molar-refractivity contribution < 1.29 is 9.15 Å². The highest BCUT2D eigenvalue weighted by Gasteiger charge is 2.23. The van der Waals surface area contributed by atoms with E-state index in [4.69, 9.17) is 21.4 Å². The van der Waals surface area contributed by atoms with Crippen molar-refractivity contribution in [2.75, 3.05) is 18.4 Å². The maximum atomic E-state index is 11.5. The normalized spacial score (nSPS) is 21.4. The van der Waals surface area contributed by atoms with E-state index in [-0.39, 0.29) is 17.8 Å². The molecule has 2 aromatic rings. The van der Waals surface area contributed by atoms with Crippen LogP contribution in [-0.2, 0) is 4.74 Å². The molecule has 23 heavy (non-hydrogen) atoms. The van der Waals surface area contributed by atoms with Gasteiger partial charge in [0.25, 0.3) is 0 Å². The van der Waals surface area contributed by atoms with E-state index >= 15 is 0 Å². The molecule has 0 radical (unpaired) electrons. The monoisotopic (exact) mass is 332 g/mol. The molecule has 1 aromatic carbocycles. The molecule has 0 aliphatic carbocycles. The fraction of sp³-hybridized carbons (Fsp3) is 0.412. The number of hydrogen-bond donors (Lipinski definition) is 1. The Bertz CT molecular complexity index is 792. The number of nitrogens with one attached hydrogen (secondary N) is 1. The van der Waals surface area contributed by atoms with Crippen molar-refractivity contribution >= 4 is 34.0 Å². The van der Waals surface area contributed by atoms with Crippen LogP contribution >= 0.6 is 12.2 Å². The van der Waals surface area contributed by atoms with Gasteiger partial charge in [-0.05, 0) is 50.7 Å². The maximum absolute atomic E-state index is 11.5. The van der Waals surface area contributed by atoms with Crippen LogP contribution in [0.1, 0.15) is 19.4 Å². The topological polar surface area (TPSA) is 54.7 Å². The fourth-order valence-corrected chi connectivity index (χ4v) is 3.22. The summed E-state index contributed by atoms with van der Waals surface area (Å²) in [5.41, 5.74) is 1.93. The van der Waals surface area contributed by atoms with E-state index in [9.17, 15) is 4.79 Å². The number of morpholine rings is 1. The van der Waals surface area contributed by atoms with Gasteiger partial charge in [-0.25, -0.2) is 4.79 Å². The summed E-state index contributed by atoms with van der Waals surface area (Å²) in [5, 5.41) is 4.80. The van der Waals surface area contributed by atoms with Crippen LogP contribution in [0.4, 0.5) is 5.69 Å². The Morgan fingerprint density at radius 1 is 1.26 bits per heavy atom.